The SMILES string of the molecule is CC(C)CC(C)Oc1cc(CNC(C)C)c(Cl)cn1. The van der Waals surface area contributed by atoms with E-state index in [1.54, 1.807) is 6.20 Å². The minimum absolute atomic E-state index is 0.166. The van der Waals surface area contributed by atoms with Crippen molar-refractivity contribution in [2.45, 2.75) is 59.7 Å². The van der Waals surface area contributed by atoms with Crippen LogP contribution in [-0.4, -0.2) is 17.1 Å². The molecule has 1 unspecified atom stereocenters. The Kier molecular flexibility index (Phi) is 6.59. The molecule has 1 N–H and O–H groups in total. The molecule has 0 spiro atoms. The number of halogens is 1. The second-order valence-electron chi connectivity index (χ2n) is 5.71. The molecular formula is C15H25ClN2O. The van der Waals surface area contributed by atoms with Crippen molar-refractivity contribution in [2.75, 3.05) is 0 Å². The average molecular weight is 285 g/mol. The molecule has 3 nitrogen and oxygen atoms in total. The molecule has 0 radical (unpaired) electrons. The van der Waals surface area contributed by atoms with Crippen molar-refractivity contribution in [1.82, 2.24) is 10.3 Å². The Morgan fingerprint density at radius 3 is 2.53 bits per heavy atom. The Balaban J connectivity index is 2.67. The summed E-state index contributed by atoms with van der Waals surface area (Å²) in [6.07, 6.45) is 2.85. The maximum atomic E-state index is 6.14. The zero-order valence-electron chi connectivity index (χ0n) is 12.5. The fourth-order valence-electron chi connectivity index (χ4n) is 1.89. The first-order valence-corrected chi connectivity index (χ1v) is 7.30. The van der Waals surface area contributed by atoms with E-state index < -0.39 is 0 Å². The van der Waals surface area contributed by atoms with Crippen LogP contribution in [0.5, 0.6) is 5.88 Å². The van der Waals surface area contributed by atoms with Gasteiger partial charge in [-0.05, 0) is 24.8 Å². The maximum absolute atomic E-state index is 6.14. The van der Waals surface area contributed by atoms with Gasteiger partial charge in [0.05, 0.1) is 11.1 Å². The van der Waals surface area contributed by atoms with Crippen LogP contribution in [0.4, 0.5) is 0 Å². The van der Waals surface area contributed by atoms with Gasteiger partial charge < -0.3 is 10.1 Å². The highest BCUT2D eigenvalue weighted by molar-refractivity contribution is 6.31. The minimum Gasteiger partial charge on any atom is -0.475 e. The number of nitrogens with one attached hydrogen (secondary N) is 1. The molecule has 0 aromatic carbocycles. The zero-order valence-corrected chi connectivity index (χ0v) is 13.3. The van der Waals surface area contributed by atoms with Crippen molar-refractivity contribution < 1.29 is 4.74 Å². The van der Waals surface area contributed by atoms with Crippen LogP contribution in [0.15, 0.2) is 12.3 Å². The van der Waals surface area contributed by atoms with E-state index >= 15 is 0 Å². The minimum atomic E-state index is 0.166. The van der Waals surface area contributed by atoms with Crippen LogP contribution in [0.2, 0.25) is 5.02 Å². The van der Waals surface area contributed by atoms with E-state index in [1.807, 2.05) is 6.07 Å². The normalized spacial score (nSPS) is 13.1. The van der Waals surface area contributed by atoms with Crippen LogP contribution < -0.4 is 10.1 Å². The van der Waals surface area contributed by atoms with Crippen LogP contribution in [0.1, 0.15) is 46.6 Å². The van der Waals surface area contributed by atoms with E-state index in [9.17, 15) is 0 Å². The summed E-state index contributed by atoms with van der Waals surface area (Å²) in [5, 5.41) is 4.03. The van der Waals surface area contributed by atoms with Crippen LogP contribution >= 0.6 is 11.6 Å². The molecule has 0 aliphatic rings. The second-order valence-corrected chi connectivity index (χ2v) is 6.11. The van der Waals surface area contributed by atoms with Gasteiger partial charge in [0.25, 0.3) is 0 Å². The van der Waals surface area contributed by atoms with Crippen molar-refractivity contribution >= 4 is 11.6 Å². The summed E-state index contributed by atoms with van der Waals surface area (Å²) in [6, 6.07) is 2.35. The van der Waals surface area contributed by atoms with E-state index in [-0.39, 0.29) is 6.10 Å². The lowest BCUT2D eigenvalue weighted by Gasteiger charge is -2.17. The molecule has 0 saturated carbocycles. The number of ether oxygens (including phenoxy) is 1. The topological polar surface area (TPSA) is 34.1 Å². The van der Waals surface area contributed by atoms with Gasteiger partial charge in [0.2, 0.25) is 5.88 Å². The Bertz CT molecular complexity index is 394. The molecule has 0 aliphatic carbocycles. The van der Waals surface area contributed by atoms with Gasteiger partial charge in [-0.25, -0.2) is 4.98 Å². The largest absolute Gasteiger partial charge is 0.475 e. The van der Waals surface area contributed by atoms with Crippen molar-refractivity contribution in [1.29, 1.82) is 0 Å². The highest BCUT2D eigenvalue weighted by atomic mass is 35.5. The molecule has 1 atom stereocenters. The number of nitrogens with zero attached hydrogens (tertiary/aromatic N) is 1. The third-order valence-electron chi connectivity index (χ3n) is 2.74. The Morgan fingerprint density at radius 2 is 1.95 bits per heavy atom. The smallest absolute Gasteiger partial charge is 0.213 e. The van der Waals surface area contributed by atoms with Gasteiger partial charge in [0, 0.05) is 24.8 Å². The third-order valence-corrected chi connectivity index (χ3v) is 3.08. The van der Waals surface area contributed by atoms with Gasteiger partial charge in [-0.15, -0.1) is 0 Å². The number of hydrogen-bond donors (Lipinski definition) is 1. The number of hydrogen-bond acceptors (Lipinski definition) is 3. The summed E-state index contributed by atoms with van der Waals surface area (Å²) in [6.45, 7) is 11.4. The van der Waals surface area contributed by atoms with E-state index in [4.69, 9.17) is 16.3 Å². The van der Waals surface area contributed by atoms with Crippen molar-refractivity contribution in [3.63, 3.8) is 0 Å². The molecule has 1 aromatic heterocycles. The molecule has 1 aromatic rings. The fourth-order valence-corrected chi connectivity index (χ4v) is 2.06. The lowest BCUT2D eigenvalue weighted by atomic mass is 10.1. The first-order chi connectivity index (χ1) is 8.88. The number of pyridine rings is 1. The first kappa shape index (κ1) is 16.3. The molecule has 0 amide bonds. The molecule has 1 heterocycles. The summed E-state index contributed by atoms with van der Waals surface area (Å²) in [5.41, 5.74) is 1.03. The highest BCUT2D eigenvalue weighted by Gasteiger charge is 2.10. The van der Waals surface area contributed by atoms with Crippen LogP contribution in [0.3, 0.4) is 0 Å². The summed E-state index contributed by atoms with van der Waals surface area (Å²) in [5.74, 6) is 1.27. The van der Waals surface area contributed by atoms with Crippen molar-refractivity contribution in [3.8, 4) is 5.88 Å². The second kappa shape index (κ2) is 7.71. The number of aromatic nitrogens is 1. The summed E-state index contributed by atoms with van der Waals surface area (Å²) in [7, 11) is 0. The monoisotopic (exact) mass is 284 g/mol. The van der Waals surface area contributed by atoms with Crippen LogP contribution in [-0.2, 0) is 6.54 Å². The predicted octanol–water partition coefficient (Wildman–Crippen LogP) is 4.05. The van der Waals surface area contributed by atoms with E-state index in [2.05, 4.69) is 44.9 Å². The van der Waals surface area contributed by atoms with Gasteiger partial charge in [0.15, 0.2) is 0 Å². The maximum Gasteiger partial charge on any atom is 0.213 e. The van der Waals surface area contributed by atoms with E-state index in [1.165, 1.54) is 0 Å². The zero-order chi connectivity index (χ0) is 14.4. The van der Waals surface area contributed by atoms with Gasteiger partial charge >= 0.3 is 0 Å². The van der Waals surface area contributed by atoms with Gasteiger partial charge in [-0.1, -0.05) is 39.3 Å². The Hall–Kier alpha value is -0.800. The summed E-state index contributed by atoms with van der Waals surface area (Å²) < 4.78 is 5.83. The van der Waals surface area contributed by atoms with Crippen LogP contribution in [0.25, 0.3) is 0 Å². The molecule has 19 heavy (non-hydrogen) atoms. The average Bonchev–Trinajstić information content (AvgIpc) is 2.28. The molecule has 4 heteroatoms. The quantitative estimate of drug-likeness (QED) is 0.820. The highest BCUT2D eigenvalue weighted by Crippen LogP contribution is 2.21. The molecule has 0 fully saturated rings. The molecule has 0 saturated heterocycles. The van der Waals surface area contributed by atoms with Crippen molar-refractivity contribution in [2.24, 2.45) is 5.92 Å². The lowest BCUT2D eigenvalue weighted by Crippen LogP contribution is -2.22. The first-order valence-electron chi connectivity index (χ1n) is 6.93. The van der Waals surface area contributed by atoms with E-state index in [0.717, 1.165) is 18.5 Å². The molecule has 108 valence electrons. The summed E-state index contributed by atoms with van der Waals surface area (Å²) in [4.78, 5) is 4.23. The third kappa shape index (κ3) is 6.26. The van der Waals surface area contributed by atoms with Gasteiger partial charge in [0.1, 0.15) is 0 Å². The fraction of sp³-hybridized carbons (Fsp3) is 0.667. The Labute approximate surface area is 121 Å². The molecular weight excluding hydrogens is 260 g/mol. The lowest BCUT2D eigenvalue weighted by molar-refractivity contribution is 0.185. The molecule has 1 rings (SSSR count). The van der Waals surface area contributed by atoms with Crippen LogP contribution in [0, 0.1) is 5.92 Å². The predicted molar refractivity (Wildman–Crippen MR) is 80.8 cm³/mol. The van der Waals surface area contributed by atoms with E-state index in [0.29, 0.717) is 22.9 Å². The molecule has 0 aliphatic heterocycles. The summed E-state index contributed by atoms with van der Waals surface area (Å²) >= 11 is 6.14. The standard InChI is InChI=1S/C15H25ClN2O/c1-10(2)6-12(5)19-15-7-13(8-17-11(3)4)14(16)9-18-15/h7,9-12,17H,6,8H2,1-5H3. The van der Waals surface area contributed by atoms with Gasteiger partial charge in [-0.3, -0.25) is 0 Å². The van der Waals surface area contributed by atoms with Crippen molar-refractivity contribution in [3.05, 3.63) is 22.8 Å². The van der Waals surface area contributed by atoms with Gasteiger partial charge in [-0.2, -0.15) is 0 Å². The Morgan fingerprint density at radius 1 is 1.26 bits per heavy atom. The molecule has 0 bridgehead atoms. The number of rotatable bonds is 7.